The number of benzene rings is 1. The fourth-order valence-electron chi connectivity index (χ4n) is 1.78. The summed E-state index contributed by atoms with van der Waals surface area (Å²) in [6.07, 6.45) is 2.19. The Labute approximate surface area is 125 Å². The van der Waals surface area contributed by atoms with E-state index in [1.165, 1.54) is 11.8 Å². The molecule has 106 valence electrons. The number of aromatic nitrogens is 2. The normalized spacial score (nSPS) is 13.7. The second-order valence-corrected chi connectivity index (χ2v) is 5.60. The van der Waals surface area contributed by atoms with Gasteiger partial charge in [-0.3, -0.25) is 4.79 Å². The fourth-order valence-corrected chi connectivity index (χ4v) is 2.35. The monoisotopic (exact) mass is 300 g/mol. The van der Waals surface area contributed by atoms with E-state index < -0.39 is 0 Å². The van der Waals surface area contributed by atoms with Gasteiger partial charge < -0.3 is 9.73 Å². The Morgan fingerprint density at radius 3 is 3.00 bits per heavy atom. The van der Waals surface area contributed by atoms with Crippen LogP contribution in [0.4, 0.5) is 5.69 Å². The van der Waals surface area contributed by atoms with E-state index in [0.29, 0.717) is 28.3 Å². The van der Waals surface area contributed by atoms with E-state index in [4.69, 9.17) is 9.68 Å². The second-order valence-electron chi connectivity index (χ2n) is 4.67. The number of carbonyl (C=O) groups is 1. The molecule has 1 aliphatic rings. The van der Waals surface area contributed by atoms with Crippen molar-refractivity contribution in [2.75, 3.05) is 11.1 Å². The molecule has 1 N–H and O–H groups in total. The molecule has 1 aromatic heterocycles. The highest BCUT2D eigenvalue weighted by molar-refractivity contribution is 7.99. The number of nitrogens with zero attached hydrogens (tertiary/aromatic N) is 3. The maximum absolute atomic E-state index is 11.9. The molecule has 21 heavy (non-hydrogen) atoms. The maximum Gasteiger partial charge on any atom is 0.277 e. The molecule has 0 aliphatic heterocycles. The predicted octanol–water partition coefficient (Wildman–Crippen LogP) is 2.55. The van der Waals surface area contributed by atoms with E-state index in [0.717, 1.165) is 12.8 Å². The van der Waals surface area contributed by atoms with Crippen LogP contribution in [0.25, 0.3) is 0 Å². The molecule has 1 saturated carbocycles. The second kappa shape index (κ2) is 5.97. The van der Waals surface area contributed by atoms with Crippen molar-refractivity contribution in [1.82, 2.24) is 10.2 Å². The minimum absolute atomic E-state index is 0.159. The topological polar surface area (TPSA) is 91.8 Å². The molecule has 6 nitrogen and oxygen atoms in total. The average molecular weight is 300 g/mol. The molecule has 0 radical (unpaired) electrons. The van der Waals surface area contributed by atoms with Gasteiger partial charge in [0.2, 0.25) is 11.8 Å². The molecule has 0 saturated heterocycles. The number of thioether (sulfide) groups is 1. The summed E-state index contributed by atoms with van der Waals surface area (Å²) in [7, 11) is 0. The zero-order chi connectivity index (χ0) is 14.7. The summed E-state index contributed by atoms with van der Waals surface area (Å²) in [5.74, 6) is 1.01. The number of anilines is 1. The smallest absolute Gasteiger partial charge is 0.277 e. The molecule has 1 fully saturated rings. The molecule has 1 aliphatic carbocycles. The number of nitriles is 1. The summed E-state index contributed by atoms with van der Waals surface area (Å²) in [5.41, 5.74) is 0.944. The molecule has 0 bridgehead atoms. The molecule has 7 heteroatoms. The Balaban J connectivity index is 1.55. The van der Waals surface area contributed by atoms with Crippen molar-refractivity contribution in [3.63, 3.8) is 0 Å². The van der Waals surface area contributed by atoms with Crippen molar-refractivity contribution in [1.29, 1.82) is 5.26 Å². The first-order valence-corrected chi connectivity index (χ1v) is 7.50. The highest BCUT2D eigenvalue weighted by atomic mass is 32.2. The first-order chi connectivity index (χ1) is 10.3. The SMILES string of the molecule is N#Cc1ccccc1NC(=O)CSc1nnc(C2CC2)o1. The first-order valence-electron chi connectivity index (χ1n) is 6.51. The summed E-state index contributed by atoms with van der Waals surface area (Å²) in [5, 5.41) is 19.9. The van der Waals surface area contributed by atoms with Crippen LogP contribution in [-0.4, -0.2) is 21.9 Å². The van der Waals surface area contributed by atoms with E-state index in [1.54, 1.807) is 24.3 Å². The lowest BCUT2D eigenvalue weighted by Gasteiger charge is -2.05. The number of hydrogen-bond acceptors (Lipinski definition) is 6. The van der Waals surface area contributed by atoms with Crippen molar-refractivity contribution in [2.24, 2.45) is 0 Å². The van der Waals surface area contributed by atoms with E-state index >= 15 is 0 Å². The van der Waals surface area contributed by atoms with Gasteiger partial charge in [-0.15, -0.1) is 10.2 Å². The minimum atomic E-state index is -0.214. The molecular formula is C14H12N4O2S. The van der Waals surface area contributed by atoms with Gasteiger partial charge in [-0.05, 0) is 25.0 Å². The number of nitrogens with one attached hydrogen (secondary N) is 1. The van der Waals surface area contributed by atoms with Crippen molar-refractivity contribution < 1.29 is 9.21 Å². The lowest BCUT2D eigenvalue weighted by molar-refractivity contribution is -0.113. The van der Waals surface area contributed by atoms with E-state index in [-0.39, 0.29) is 11.7 Å². The highest BCUT2D eigenvalue weighted by Crippen LogP contribution is 2.39. The number of hydrogen-bond donors (Lipinski definition) is 1. The van der Waals surface area contributed by atoms with Crippen molar-refractivity contribution >= 4 is 23.4 Å². The first kappa shape index (κ1) is 13.6. The van der Waals surface area contributed by atoms with E-state index in [9.17, 15) is 4.79 Å². The van der Waals surface area contributed by atoms with Gasteiger partial charge >= 0.3 is 0 Å². The van der Waals surface area contributed by atoms with Crippen LogP contribution >= 0.6 is 11.8 Å². The van der Waals surface area contributed by atoms with E-state index in [2.05, 4.69) is 15.5 Å². The number of carbonyl (C=O) groups excluding carboxylic acids is 1. The van der Waals surface area contributed by atoms with Gasteiger partial charge in [-0.2, -0.15) is 5.26 Å². The Bertz CT molecular complexity index is 703. The summed E-state index contributed by atoms with van der Waals surface area (Å²) in [4.78, 5) is 11.9. The summed E-state index contributed by atoms with van der Waals surface area (Å²) in [6.45, 7) is 0. The third-order valence-electron chi connectivity index (χ3n) is 3.00. The van der Waals surface area contributed by atoms with Gasteiger partial charge in [-0.25, -0.2) is 0 Å². The van der Waals surface area contributed by atoms with Crippen LogP contribution in [-0.2, 0) is 4.79 Å². The highest BCUT2D eigenvalue weighted by Gasteiger charge is 2.29. The third-order valence-corrected chi connectivity index (χ3v) is 3.82. The standard InChI is InChI=1S/C14H12N4O2S/c15-7-10-3-1-2-4-11(10)16-12(19)8-21-14-18-17-13(20-14)9-5-6-9/h1-4,9H,5-6,8H2,(H,16,19). The number of para-hydroxylation sites is 1. The Hall–Kier alpha value is -2.33. The van der Waals surface area contributed by atoms with Crippen LogP contribution in [0.15, 0.2) is 33.9 Å². The van der Waals surface area contributed by atoms with Crippen LogP contribution < -0.4 is 5.32 Å². The molecule has 0 atom stereocenters. The largest absolute Gasteiger partial charge is 0.416 e. The van der Waals surface area contributed by atoms with Crippen LogP contribution in [0.3, 0.4) is 0 Å². The molecular weight excluding hydrogens is 288 g/mol. The number of amides is 1. The molecule has 2 aromatic rings. The van der Waals surface area contributed by atoms with Crippen molar-refractivity contribution in [3.05, 3.63) is 35.7 Å². The van der Waals surface area contributed by atoms with Gasteiger partial charge in [0.1, 0.15) is 6.07 Å². The van der Waals surface area contributed by atoms with Gasteiger partial charge in [0, 0.05) is 5.92 Å². The van der Waals surface area contributed by atoms with Gasteiger partial charge in [0.25, 0.3) is 5.22 Å². The Morgan fingerprint density at radius 2 is 2.24 bits per heavy atom. The van der Waals surface area contributed by atoms with Gasteiger partial charge in [0.05, 0.1) is 17.0 Å². The lowest BCUT2D eigenvalue weighted by Crippen LogP contribution is -2.14. The van der Waals surface area contributed by atoms with Crippen LogP contribution in [0, 0.1) is 11.3 Å². The quantitative estimate of drug-likeness (QED) is 0.853. The molecule has 0 spiro atoms. The summed E-state index contributed by atoms with van der Waals surface area (Å²) < 4.78 is 5.46. The van der Waals surface area contributed by atoms with Gasteiger partial charge in [0.15, 0.2) is 0 Å². The van der Waals surface area contributed by atoms with E-state index in [1.807, 2.05) is 6.07 Å². The zero-order valence-electron chi connectivity index (χ0n) is 11.1. The third kappa shape index (κ3) is 3.41. The summed E-state index contributed by atoms with van der Waals surface area (Å²) in [6, 6.07) is 8.90. The maximum atomic E-state index is 11.9. The Morgan fingerprint density at radius 1 is 1.43 bits per heavy atom. The number of rotatable bonds is 5. The van der Waals surface area contributed by atoms with Gasteiger partial charge in [-0.1, -0.05) is 23.9 Å². The van der Waals surface area contributed by atoms with Crippen LogP contribution in [0.5, 0.6) is 0 Å². The summed E-state index contributed by atoms with van der Waals surface area (Å²) >= 11 is 1.19. The molecule has 1 amide bonds. The van der Waals surface area contributed by atoms with Crippen LogP contribution in [0.1, 0.15) is 30.2 Å². The fraction of sp³-hybridized carbons (Fsp3) is 0.286. The zero-order valence-corrected chi connectivity index (χ0v) is 11.9. The predicted molar refractivity (Wildman–Crippen MR) is 76.8 cm³/mol. The average Bonchev–Trinajstić information content (AvgIpc) is 3.25. The molecule has 1 heterocycles. The molecule has 3 rings (SSSR count). The van der Waals surface area contributed by atoms with Crippen molar-refractivity contribution in [2.45, 2.75) is 24.0 Å². The van der Waals surface area contributed by atoms with Crippen molar-refractivity contribution in [3.8, 4) is 6.07 Å². The minimum Gasteiger partial charge on any atom is -0.416 e. The lowest BCUT2D eigenvalue weighted by atomic mass is 10.2. The van der Waals surface area contributed by atoms with Crippen LogP contribution in [0.2, 0.25) is 0 Å². The Kier molecular flexibility index (Phi) is 3.88. The molecule has 0 unspecified atom stereocenters. The molecule has 1 aromatic carbocycles.